The first-order valence-electron chi connectivity index (χ1n) is 8.41. The van der Waals surface area contributed by atoms with Crippen molar-refractivity contribution in [3.05, 3.63) is 29.8 Å². The fourth-order valence-electron chi connectivity index (χ4n) is 3.68. The van der Waals surface area contributed by atoms with E-state index in [-0.39, 0.29) is 12.6 Å². The van der Waals surface area contributed by atoms with Gasteiger partial charge in [-0.05, 0) is 62.0 Å². The van der Waals surface area contributed by atoms with Gasteiger partial charge in [-0.15, -0.1) is 0 Å². The van der Waals surface area contributed by atoms with Gasteiger partial charge in [-0.3, -0.25) is 4.90 Å². The highest BCUT2D eigenvalue weighted by Crippen LogP contribution is 2.39. The molecule has 0 radical (unpaired) electrons. The Morgan fingerprint density at radius 1 is 1.22 bits per heavy atom. The molecule has 2 aliphatic heterocycles. The Labute approximate surface area is 137 Å². The summed E-state index contributed by atoms with van der Waals surface area (Å²) in [4.78, 5) is 13.6. The molecule has 2 aliphatic rings. The van der Waals surface area contributed by atoms with Crippen LogP contribution in [0.3, 0.4) is 0 Å². The van der Waals surface area contributed by atoms with E-state index >= 15 is 0 Å². The predicted octanol–water partition coefficient (Wildman–Crippen LogP) is 1.81. The maximum atomic E-state index is 11.1. The Kier molecular flexibility index (Phi) is 5.18. The van der Waals surface area contributed by atoms with Crippen LogP contribution in [0.5, 0.6) is 5.75 Å². The lowest BCUT2D eigenvalue weighted by atomic mass is 9.78. The minimum Gasteiger partial charge on any atom is -0.482 e. The summed E-state index contributed by atoms with van der Waals surface area (Å²) in [6, 6.07) is 8.02. The van der Waals surface area contributed by atoms with Crippen LogP contribution in [-0.4, -0.2) is 50.8 Å². The van der Waals surface area contributed by atoms with E-state index in [0.717, 1.165) is 6.54 Å². The van der Waals surface area contributed by atoms with Crippen LogP contribution in [-0.2, 0) is 16.1 Å². The minimum absolute atomic E-state index is 0.0431. The number of rotatable bonds is 5. The van der Waals surface area contributed by atoms with E-state index in [1.165, 1.54) is 58.1 Å². The molecule has 2 fully saturated rings. The van der Waals surface area contributed by atoms with Crippen LogP contribution in [0, 0.1) is 5.41 Å². The summed E-state index contributed by atoms with van der Waals surface area (Å²) in [6.07, 6.45) is 3.95. The summed E-state index contributed by atoms with van der Waals surface area (Å²) in [5.41, 5.74) is 1.84. The molecule has 1 N–H and O–H groups in total. The lowest BCUT2D eigenvalue weighted by Crippen LogP contribution is -2.38. The van der Waals surface area contributed by atoms with E-state index in [2.05, 4.69) is 27.1 Å². The van der Waals surface area contributed by atoms with Crippen molar-refractivity contribution in [1.82, 2.24) is 10.2 Å². The Balaban J connectivity index is 1.50. The van der Waals surface area contributed by atoms with Crippen LogP contribution in [0.2, 0.25) is 0 Å². The lowest BCUT2D eigenvalue weighted by Gasteiger charge is -2.33. The van der Waals surface area contributed by atoms with E-state index < -0.39 is 0 Å². The summed E-state index contributed by atoms with van der Waals surface area (Å²) in [6.45, 7) is 5.70. The molecule has 0 aliphatic carbocycles. The number of nitrogens with one attached hydrogen (secondary N) is 1. The first kappa shape index (κ1) is 16.3. The molecule has 5 nitrogen and oxygen atoms in total. The van der Waals surface area contributed by atoms with E-state index in [1.807, 2.05) is 12.1 Å². The van der Waals surface area contributed by atoms with Gasteiger partial charge in [-0.1, -0.05) is 12.1 Å². The van der Waals surface area contributed by atoms with E-state index in [9.17, 15) is 4.79 Å². The number of nitrogens with zero attached hydrogens (tertiary/aromatic N) is 1. The van der Waals surface area contributed by atoms with Crippen molar-refractivity contribution < 1.29 is 14.3 Å². The molecule has 126 valence electrons. The van der Waals surface area contributed by atoms with Crippen LogP contribution in [0.15, 0.2) is 24.3 Å². The fraction of sp³-hybridized carbons (Fsp3) is 0.611. The van der Waals surface area contributed by atoms with Gasteiger partial charge in [0.25, 0.3) is 0 Å². The van der Waals surface area contributed by atoms with Crippen molar-refractivity contribution in [3.8, 4) is 5.75 Å². The van der Waals surface area contributed by atoms with Crippen molar-refractivity contribution in [3.63, 3.8) is 0 Å². The van der Waals surface area contributed by atoms with Gasteiger partial charge in [-0.25, -0.2) is 4.79 Å². The molecule has 1 aromatic rings. The largest absolute Gasteiger partial charge is 0.482 e. The number of ether oxygens (including phenoxy) is 2. The number of carbonyl (C=O) groups excluding carboxylic acids is 1. The Morgan fingerprint density at radius 3 is 2.65 bits per heavy atom. The smallest absolute Gasteiger partial charge is 0.343 e. The third kappa shape index (κ3) is 4.24. The maximum absolute atomic E-state index is 11.1. The summed E-state index contributed by atoms with van der Waals surface area (Å²) in [5.74, 6) is 0.341. The molecule has 23 heavy (non-hydrogen) atoms. The van der Waals surface area contributed by atoms with Crippen LogP contribution in [0.1, 0.15) is 24.8 Å². The summed E-state index contributed by atoms with van der Waals surface area (Å²) in [5, 5.41) is 3.47. The summed E-state index contributed by atoms with van der Waals surface area (Å²) in [7, 11) is 1.36. The number of carbonyl (C=O) groups is 1. The molecule has 0 saturated carbocycles. The Morgan fingerprint density at radius 2 is 1.96 bits per heavy atom. The van der Waals surface area contributed by atoms with Gasteiger partial charge in [0, 0.05) is 13.1 Å². The molecule has 2 saturated heterocycles. The molecule has 2 heterocycles. The number of esters is 1. The highest BCUT2D eigenvalue weighted by atomic mass is 16.6. The van der Waals surface area contributed by atoms with Crippen molar-refractivity contribution >= 4 is 5.97 Å². The normalized spacial score (nSPS) is 20.6. The number of likely N-dealkylation sites (tertiary alicyclic amines) is 1. The Hall–Kier alpha value is -1.59. The van der Waals surface area contributed by atoms with Gasteiger partial charge in [0.1, 0.15) is 5.75 Å². The van der Waals surface area contributed by atoms with Gasteiger partial charge in [0.05, 0.1) is 7.11 Å². The third-order valence-electron chi connectivity index (χ3n) is 5.10. The molecule has 0 bridgehead atoms. The zero-order chi connectivity index (χ0) is 16.1. The predicted molar refractivity (Wildman–Crippen MR) is 88.4 cm³/mol. The van der Waals surface area contributed by atoms with Crippen molar-refractivity contribution in [1.29, 1.82) is 0 Å². The molecule has 5 heteroatoms. The van der Waals surface area contributed by atoms with Crippen molar-refractivity contribution in [2.75, 3.05) is 39.9 Å². The average Bonchev–Trinajstić information content (AvgIpc) is 2.96. The molecule has 1 aromatic carbocycles. The fourth-order valence-corrected chi connectivity index (χ4v) is 3.68. The van der Waals surface area contributed by atoms with Gasteiger partial charge < -0.3 is 14.8 Å². The molecule has 3 rings (SSSR count). The molecular formula is C18H26N2O3. The van der Waals surface area contributed by atoms with Crippen molar-refractivity contribution in [2.24, 2.45) is 5.41 Å². The van der Waals surface area contributed by atoms with Crippen molar-refractivity contribution in [2.45, 2.75) is 25.8 Å². The minimum atomic E-state index is -0.363. The average molecular weight is 318 g/mol. The zero-order valence-corrected chi connectivity index (χ0v) is 13.8. The monoisotopic (exact) mass is 318 g/mol. The number of hydrogen-bond donors (Lipinski definition) is 1. The SMILES string of the molecule is COC(=O)COc1ccc(CN2CCC3(CCNCC3)C2)cc1. The van der Waals surface area contributed by atoms with Gasteiger partial charge in [0.15, 0.2) is 6.61 Å². The zero-order valence-electron chi connectivity index (χ0n) is 13.8. The molecule has 0 amide bonds. The maximum Gasteiger partial charge on any atom is 0.343 e. The molecular weight excluding hydrogens is 292 g/mol. The third-order valence-corrected chi connectivity index (χ3v) is 5.10. The van der Waals surface area contributed by atoms with E-state index in [1.54, 1.807) is 0 Å². The van der Waals surface area contributed by atoms with Gasteiger partial charge in [-0.2, -0.15) is 0 Å². The molecule has 1 spiro atoms. The van der Waals surface area contributed by atoms with Gasteiger partial charge >= 0.3 is 5.97 Å². The first-order valence-corrected chi connectivity index (χ1v) is 8.41. The van der Waals surface area contributed by atoms with Crippen LogP contribution in [0.4, 0.5) is 0 Å². The number of benzene rings is 1. The van der Waals surface area contributed by atoms with Crippen LogP contribution in [0.25, 0.3) is 0 Å². The topological polar surface area (TPSA) is 50.8 Å². The quantitative estimate of drug-likeness (QED) is 0.839. The second-order valence-corrected chi connectivity index (χ2v) is 6.72. The lowest BCUT2D eigenvalue weighted by molar-refractivity contribution is -0.142. The van der Waals surface area contributed by atoms with E-state index in [4.69, 9.17) is 4.74 Å². The van der Waals surface area contributed by atoms with E-state index in [0.29, 0.717) is 11.2 Å². The number of methoxy groups -OCH3 is 1. The number of hydrogen-bond acceptors (Lipinski definition) is 5. The summed E-state index contributed by atoms with van der Waals surface area (Å²) < 4.78 is 9.94. The highest BCUT2D eigenvalue weighted by molar-refractivity contribution is 5.70. The standard InChI is InChI=1S/C18H26N2O3/c1-22-17(21)13-23-16-4-2-15(3-5-16)12-20-11-8-18(14-20)6-9-19-10-7-18/h2-5,19H,6-14H2,1H3. The second-order valence-electron chi connectivity index (χ2n) is 6.72. The van der Waals surface area contributed by atoms with Crippen LogP contribution >= 0.6 is 0 Å². The second kappa shape index (κ2) is 7.32. The Bertz CT molecular complexity index is 524. The first-order chi connectivity index (χ1) is 11.2. The highest BCUT2D eigenvalue weighted by Gasteiger charge is 2.38. The number of piperidine rings is 1. The van der Waals surface area contributed by atoms with Crippen LogP contribution < -0.4 is 10.1 Å². The molecule has 0 atom stereocenters. The summed E-state index contributed by atoms with van der Waals surface area (Å²) >= 11 is 0. The molecule has 0 aromatic heterocycles. The van der Waals surface area contributed by atoms with Gasteiger partial charge in [0.2, 0.25) is 0 Å². The molecule has 0 unspecified atom stereocenters.